The zero-order valence-corrected chi connectivity index (χ0v) is 10.0. The number of nitrogens with zero attached hydrogens (tertiary/aromatic N) is 1. The molecule has 1 aliphatic rings. The van der Waals surface area contributed by atoms with Gasteiger partial charge in [0.25, 0.3) is 0 Å². The quantitative estimate of drug-likeness (QED) is 0.484. The Morgan fingerprint density at radius 1 is 1.50 bits per heavy atom. The van der Waals surface area contributed by atoms with Gasteiger partial charge < -0.3 is 25.7 Å². The molecule has 4 N–H and O–H groups in total. The van der Waals surface area contributed by atoms with E-state index >= 15 is 0 Å². The van der Waals surface area contributed by atoms with Gasteiger partial charge in [-0.1, -0.05) is 0 Å². The molecule has 0 aliphatic carbocycles. The zero-order valence-electron chi connectivity index (χ0n) is 10.0. The second kappa shape index (κ2) is 6.20. The van der Waals surface area contributed by atoms with Gasteiger partial charge in [-0.2, -0.15) is 0 Å². The van der Waals surface area contributed by atoms with E-state index in [4.69, 9.17) is 5.11 Å². The highest BCUT2D eigenvalue weighted by molar-refractivity contribution is 5.87. The number of aliphatic carboxylic acids is 1. The molecule has 0 bridgehead atoms. The molecule has 1 fully saturated rings. The van der Waals surface area contributed by atoms with E-state index < -0.39 is 24.1 Å². The number of aliphatic hydroxyl groups excluding tert-OH is 1. The highest BCUT2D eigenvalue weighted by Crippen LogP contribution is 2.00. The number of aliphatic hydroxyl groups is 1. The highest BCUT2D eigenvalue weighted by atomic mass is 16.4. The van der Waals surface area contributed by atoms with Crippen molar-refractivity contribution in [2.75, 3.05) is 19.6 Å². The molecule has 0 unspecified atom stereocenters. The van der Waals surface area contributed by atoms with Crippen LogP contribution in [0.1, 0.15) is 13.3 Å². The lowest BCUT2D eigenvalue weighted by Crippen LogP contribution is -2.53. The van der Waals surface area contributed by atoms with Gasteiger partial charge in [-0.15, -0.1) is 0 Å². The van der Waals surface area contributed by atoms with Gasteiger partial charge in [0, 0.05) is 13.1 Å². The van der Waals surface area contributed by atoms with E-state index in [9.17, 15) is 19.5 Å². The lowest BCUT2D eigenvalue weighted by molar-refractivity contribution is -0.141. The van der Waals surface area contributed by atoms with Crippen molar-refractivity contribution in [3.63, 3.8) is 0 Å². The maximum absolute atomic E-state index is 11.8. The number of nitrogens with one attached hydrogen (secondary N) is 2. The Balaban J connectivity index is 2.62. The summed E-state index contributed by atoms with van der Waals surface area (Å²) in [6, 6.07) is -2.05. The molecule has 0 aromatic carbocycles. The molecular weight excluding hydrogens is 242 g/mol. The molecule has 102 valence electrons. The van der Waals surface area contributed by atoms with Crippen LogP contribution >= 0.6 is 0 Å². The fourth-order valence-corrected chi connectivity index (χ4v) is 1.59. The summed E-state index contributed by atoms with van der Waals surface area (Å²) in [5, 5.41) is 22.9. The van der Waals surface area contributed by atoms with Crippen molar-refractivity contribution < 1.29 is 24.6 Å². The Bertz CT molecular complexity index is 344. The number of hydrogen-bond donors (Lipinski definition) is 4. The van der Waals surface area contributed by atoms with Crippen molar-refractivity contribution in [2.24, 2.45) is 0 Å². The molecule has 2 atom stereocenters. The van der Waals surface area contributed by atoms with Gasteiger partial charge >= 0.3 is 12.0 Å². The van der Waals surface area contributed by atoms with Crippen LogP contribution in [-0.2, 0) is 9.59 Å². The summed E-state index contributed by atoms with van der Waals surface area (Å²) in [4.78, 5) is 35.1. The fraction of sp³-hybridized carbons (Fsp3) is 0.700. The first kappa shape index (κ1) is 14.2. The number of carbonyl (C=O) groups is 3. The minimum atomic E-state index is -1.39. The maximum atomic E-state index is 11.8. The Hall–Kier alpha value is -1.83. The number of hydrogen-bond acceptors (Lipinski definition) is 4. The molecule has 18 heavy (non-hydrogen) atoms. The summed E-state index contributed by atoms with van der Waals surface area (Å²) in [5.41, 5.74) is 0. The van der Waals surface area contributed by atoms with Gasteiger partial charge in [-0.05, 0) is 13.3 Å². The molecule has 0 radical (unpaired) electrons. The topological polar surface area (TPSA) is 119 Å². The van der Waals surface area contributed by atoms with Crippen molar-refractivity contribution >= 4 is 17.9 Å². The second-order valence-corrected chi connectivity index (χ2v) is 4.13. The molecule has 1 heterocycles. The van der Waals surface area contributed by atoms with Crippen LogP contribution < -0.4 is 10.6 Å². The minimum Gasteiger partial charge on any atom is -0.480 e. The summed E-state index contributed by atoms with van der Waals surface area (Å²) >= 11 is 0. The van der Waals surface area contributed by atoms with Crippen LogP contribution in [0.3, 0.4) is 0 Å². The SMILES string of the molecule is C[C@@H](O)[C@H](NC(=O)N1CCCNC(=O)C1)C(=O)O. The average molecular weight is 259 g/mol. The monoisotopic (exact) mass is 259 g/mol. The number of carboxylic acid groups (broad SMARTS) is 1. The fourth-order valence-electron chi connectivity index (χ4n) is 1.59. The lowest BCUT2D eigenvalue weighted by atomic mass is 10.2. The molecular formula is C10H17N3O5. The van der Waals surface area contributed by atoms with Crippen LogP contribution in [0, 0.1) is 0 Å². The molecule has 1 rings (SSSR count). The van der Waals surface area contributed by atoms with E-state index in [0.717, 1.165) is 0 Å². The standard InChI is InChI=1S/C10H17N3O5/c1-6(14)8(9(16)17)12-10(18)13-4-2-3-11-7(15)5-13/h6,8,14H,2-5H2,1H3,(H,11,15)(H,12,18)(H,16,17)/t6-,8+/m1/s1. The van der Waals surface area contributed by atoms with Crippen LogP contribution in [0.4, 0.5) is 4.79 Å². The number of rotatable bonds is 3. The number of urea groups is 1. The summed E-state index contributed by atoms with van der Waals surface area (Å²) in [6.07, 6.45) is -0.613. The van der Waals surface area contributed by atoms with Gasteiger partial charge in [0.05, 0.1) is 6.10 Å². The van der Waals surface area contributed by atoms with Crippen LogP contribution in [-0.4, -0.2) is 64.8 Å². The van der Waals surface area contributed by atoms with Gasteiger partial charge in [0.15, 0.2) is 6.04 Å². The molecule has 0 spiro atoms. The van der Waals surface area contributed by atoms with Gasteiger partial charge in [0.2, 0.25) is 5.91 Å². The summed E-state index contributed by atoms with van der Waals surface area (Å²) in [5.74, 6) is -1.61. The van der Waals surface area contributed by atoms with Crippen molar-refractivity contribution in [2.45, 2.75) is 25.5 Å². The van der Waals surface area contributed by atoms with Crippen molar-refractivity contribution in [3.8, 4) is 0 Å². The van der Waals surface area contributed by atoms with Crippen molar-refractivity contribution in [1.29, 1.82) is 0 Å². The van der Waals surface area contributed by atoms with Crippen LogP contribution in [0.2, 0.25) is 0 Å². The largest absolute Gasteiger partial charge is 0.480 e. The number of carbonyl (C=O) groups excluding carboxylic acids is 2. The van der Waals surface area contributed by atoms with E-state index in [1.54, 1.807) is 0 Å². The van der Waals surface area contributed by atoms with E-state index in [1.165, 1.54) is 11.8 Å². The third-order valence-electron chi connectivity index (χ3n) is 2.58. The number of carboxylic acids is 1. The molecule has 0 aromatic rings. The molecule has 8 nitrogen and oxygen atoms in total. The Morgan fingerprint density at radius 2 is 2.17 bits per heavy atom. The Kier molecular flexibility index (Phi) is 4.90. The number of amides is 3. The minimum absolute atomic E-state index is 0.113. The second-order valence-electron chi connectivity index (χ2n) is 4.13. The zero-order chi connectivity index (χ0) is 13.7. The van der Waals surface area contributed by atoms with Gasteiger partial charge in [0.1, 0.15) is 6.54 Å². The third-order valence-corrected chi connectivity index (χ3v) is 2.58. The van der Waals surface area contributed by atoms with E-state index in [1.807, 2.05) is 0 Å². The van der Waals surface area contributed by atoms with Gasteiger partial charge in [-0.3, -0.25) is 4.79 Å². The van der Waals surface area contributed by atoms with E-state index in [-0.39, 0.29) is 12.5 Å². The predicted octanol–water partition coefficient (Wildman–Crippen LogP) is -1.65. The summed E-state index contributed by atoms with van der Waals surface area (Å²) < 4.78 is 0. The van der Waals surface area contributed by atoms with E-state index in [0.29, 0.717) is 19.5 Å². The maximum Gasteiger partial charge on any atom is 0.328 e. The third kappa shape index (κ3) is 3.88. The average Bonchev–Trinajstić information content (AvgIpc) is 2.49. The summed E-state index contributed by atoms with van der Waals surface area (Å²) in [7, 11) is 0. The highest BCUT2D eigenvalue weighted by Gasteiger charge is 2.28. The molecule has 1 aliphatic heterocycles. The van der Waals surface area contributed by atoms with E-state index in [2.05, 4.69) is 10.6 Å². The first-order chi connectivity index (χ1) is 8.41. The molecule has 1 saturated heterocycles. The van der Waals surface area contributed by atoms with Crippen LogP contribution in [0.5, 0.6) is 0 Å². The Labute approximate surface area is 104 Å². The smallest absolute Gasteiger partial charge is 0.328 e. The normalized spacial score (nSPS) is 19.4. The van der Waals surface area contributed by atoms with Crippen molar-refractivity contribution in [3.05, 3.63) is 0 Å². The van der Waals surface area contributed by atoms with Crippen molar-refractivity contribution in [1.82, 2.24) is 15.5 Å². The molecule has 8 heteroatoms. The summed E-state index contributed by atoms with van der Waals surface area (Å²) in [6.45, 7) is 2.00. The lowest BCUT2D eigenvalue weighted by Gasteiger charge is -2.23. The molecule has 0 aromatic heterocycles. The van der Waals surface area contributed by atoms with Gasteiger partial charge in [-0.25, -0.2) is 9.59 Å². The first-order valence-electron chi connectivity index (χ1n) is 5.65. The van der Waals surface area contributed by atoms with Crippen LogP contribution in [0.25, 0.3) is 0 Å². The first-order valence-corrected chi connectivity index (χ1v) is 5.65. The Morgan fingerprint density at radius 3 is 2.72 bits per heavy atom. The molecule has 0 saturated carbocycles. The predicted molar refractivity (Wildman–Crippen MR) is 60.8 cm³/mol. The molecule has 3 amide bonds. The van der Waals surface area contributed by atoms with Crippen LogP contribution in [0.15, 0.2) is 0 Å².